The van der Waals surface area contributed by atoms with Crippen LogP contribution >= 0.6 is 0 Å². The molecule has 1 amide bonds. The number of amides is 1. The molecule has 0 aliphatic rings. The molecule has 3 rings (SSSR count). The van der Waals surface area contributed by atoms with E-state index in [1.165, 1.54) is 18.0 Å². The van der Waals surface area contributed by atoms with Gasteiger partial charge in [0, 0.05) is 13.0 Å². The Labute approximate surface area is 184 Å². The second-order valence-electron chi connectivity index (χ2n) is 7.00. The Bertz CT molecular complexity index is 1160. The van der Waals surface area contributed by atoms with E-state index in [9.17, 15) is 19.2 Å². The largest absolute Gasteiger partial charge is 0.467 e. The molecular formula is C23H23N3O6. The van der Waals surface area contributed by atoms with Gasteiger partial charge in [0.2, 0.25) is 0 Å². The Morgan fingerprint density at radius 3 is 2.53 bits per heavy atom. The smallest absolute Gasteiger partial charge is 0.328 e. The number of carbonyl (C=O) groups excluding carboxylic acids is 3. The molecule has 1 aromatic heterocycles. The van der Waals surface area contributed by atoms with Gasteiger partial charge in [-0.2, -0.15) is 0 Å². The van der Waals surface area contributed by atoms with Gasteiger partial charge in [-0.25, -0.2) is 9.78 Å². The minimum Gasteiger partial charge on any atom is -0.467 e. The van der Waals surface area contributed by atoms with Crippen molar-refractivity contribution < 1.29 is 23.9 Å². The Kier molecular flexibility index (Phi) is 7.69. The fourth-order valence-corrected chi connectivity index (χ4v) is 3.12. The lowest BCUT2D eigenvalue weighted by Crippen LogP contribution is -2.44. The second kappa shape index (κ2) is 10.9. The molecule has 0 bridgehead atoms. The maximum atomic E-state index is 12.4. The molecule has 1 atom stereocenters. The van der Waals surface area contributed by atoms with E-state index in [0.717, 1.165) is 5.56 Å². The van der Waals surface area contributed by atoms with Crippen LogP contribution < -0.4 is 10.9 Å². The highest BCUT2D eigenvalue weighted by molar-refractivity contribution is 5.86. The van der Waals surface area contributed by atoms with Gasteiger partial charge in [0.05, 0.1) is 30.8 Å². The zero-order valence-electron chi connectivity index (χ0n) is 17.5. The molecule has 0 saturated heterocycles. The Balaban J connectivity index is 1.50. The zero-order valence-corrected chi connectivity index (χ0v) is 17.5. The normalized spacial score (nSPS) is 11.5. The SMILES string of the molecule is COC(=O)C(Cc1ccccc1)NC(=O)COC(=O)CCn1cnc2ccccc2c1=O. The standard InChI is InChI=1S/C23H23N3O6/c1-31-23(30)19(13-16-7-3-2-4-8-16)25-20(27)14-32-21(28)11-12-26-15-24-18-10-6-5-9-17(18)22(26)29/h2-10,15,19H,11-14H2,1H3,(H,25,27). The van der Waals surface area contributed by atoms with E-state index in [0.29, 0.717) is 10.9 Å². The fraction of sp³-hybridized carbons (Fsp3) is 0.261. The summed E-state index contributed by atoms with van der Waals surface area (Å²) >= 11 is 0. The molecule has 1 heterocycles. The third kappa shape index (κ3) is 6.00. The average molecular weight is 437 g/mol. The number of fused-ring (bicyclic) bond motifs is 1. The molecule has 166 valence electrons. The summed E-state index contributed by atoms with van der Waals surface area (Å²) in [6.07, 6.45) is 1.50. The van der Waals surface area contributed by atoms with Gasteiger partial charge in [-0.15, -0.1) is 0 Å². The molecule has 9 heteroatoms. The number of ether oxygens (including phenoxy) is 2. The molecule has 9 nitrogen and oxygen atoms in total. The van der Waals surface area contributed by atoms with E-state index in [1.807, 2.05) is 30.3 Å². The number of hydrogen-bond acceptors (Lipinski definition) is 7. The van der Waals surface area contributed by atoms with Crippen LogP contribution in [0.15, 0.2) is 65.7 Å². The molecule has 0 saturated carbocycles. The molecule has 32 heavy (non-hydrogen) atoms. The zero-order chi connectivity index (χ0) is 22.9. The highest BCUT2D eigenvalue weighted by Crippen LogP contribution is 2.06. The first-order valence-electron chi connectivity index (χ1n) is 9.99. The lowest BCUT2D eigenvalue weighted by molar-refractivity contribution is -0.150. The second-order valence-corrected chi connectivity index (χ2v) is 7.00. The summed E-state index contributed by atoms with van der Waals surface area (Å²) in [6, 6.07) is 15.1. The number of nitrogens with zero attached hydrogens (tertiary/aromatic N) is 2. The van der Waals surface area contributed by atoms with E-state index in [2.05, 4.69) is 10.3 Å². The van der Waals surface area contributed by atoms with Crippen molar-refractivity contribution in [2.24, 2.45) is 0 Å². The minimum atomic E-state index is -0.907. The number of aryl methyl sites for hydroxylation is 1. The van der Waals surface area contributed by atoms with Gasteiger partial charge >= 0.3 is 11.9 Å². The summed E-state index contributed by atoms with van der Waals surface area (Å²) in [7, 11) is 1.23. The molecule has 3 aromatic rings. The number of hydrogen-bond donors (Lipinski definition) is 1. The van der Waals surface area contributed by atoms with E-state index >= 15 is 0 Å². The third-order valence-corrected chi connectivity index (χ3v) is 4.76. The van der Waals surface area contributed by atoms with Crippen LogP contribution in [0.3, 0.4) is 0 Å². The summed E-state index contributed by atoms with van der Waals surface area (Å²) in [4.78, 5) is 52.8. The van der Waals surface area contributed by atoms with Crippen LogP contribution in [-0.4, -0.2) is 47.2 Å². The van der Waals surface area contributed by atoms with E-state index in [1.54, 1.807) is 24.3 Å². The lowest BCUT2D eigenvalue weighted by atomic mass is 10.1. The summed E-state index contributed by atoms with van der Waals surface area (Å²) in [5.74, 6) is -1.89. The lowest BCUT2D eigenvalue weighted by Gasteiger charge is -2.16. The van der Waals surface area contributed by atoms with Crippen molar-refractivity contribution in [3.8, 4) is 0 Å². The van der Waals surface area contributed by atoms with Crippen molar-refractivity contribution in [1.29, 1.82) is 0 Å². The van der Waals surface area contributed by atoms with E-state index in [-0.39, 0.29) is 24.9 Å². The van der Waals surface area contributed by atoms with Gasteiger partial charge < -0.3 is 14.8 Å². The number of para-hydroxylation sites is 1. The molecular weight excluding hydrogens is 414 g/mol. The van der Waals surface area contributed by atoms with Crippen molar-refractivity contribution in [2.75, 3.05) is 13.7 Å². The Hall–Kier alpha value is -4.01. The summed E-state index contributed by atoms with van der Waals surface area (Å²) in [5.41, 5.74) is 1.15. The molecule has 0 spiro atoms. The van der Waals surface area contributed by atoms with Crippen molar-refractivity contribution in [3.05, 3.63) is 76.8 Å². The third-order valence-electron chi connectivity index (χ3n) is 4.76. The van der Waals surface area contributed by atoms with Gasteiger partial charge in [0.25, 0.3) is 11.5 Å². The van der Waals surface area contributed by atoms with Crippen LogP contribution in [0.25, 0.3) is 10.9 Å². The maximum absolute atomic E-state index is 12.4. The highest BCUT2D eigenvalue weighted by atomic mass is 16.5. The summed E-state index contributed by atoms with van der Waals surface area (Å²) < 4.78 is 11.0. The van der Waals surface area contributed by atoms with Crippen LogP contribution in [0.1, 0.15) is 12.0 Å². The fourth-order valence-electron chi connectivity index (χ4n) is 3.12. The molecule has 0 radical (unpaired) electrons. The van der Waals surface area contributed by atoms with Crippen molar-refractivity contribution >= 4 is 28.7 Å². The number of methoxy groups -OCH3 is 1. The van der Waals surface area contributed by atoms with Crippen molar-refractivity contribution in [3.63, 3.8) is 0 Å². The number of rotatable bonds is 9. The first-order valence-corrected chi connectivity index (χ1v) is 9.99. The molecule has 1 N–H and O–H groups in total. The predicted octanol–water partition coefficient (Wildman–Crippen LogP) is 1.23. The van der Waals surface area contributed by atoms with Gasteiger partial charge in [0.1, 0.15) is 6.04 Å². The van der Waals surface area contributed by atoms with Crippen LogP contribution in [-0.2, 0) is 36.8 Å². The van der Waals surface area contributed by atoms with Crippen LogP contribution in [0.2, 0.25) is 0 Å². The summed E-state index contributed by atoms with van der Waals surface area (Å²) in [5, 5.41) is 2.97. The molecule has 0 fully saturated rings. The number of benzene rings is 2. The van der Waals surface area contributed by atoms with Crippen molar-refractivity contribution in [2.45, 2.75) is 25.4 Å². The molecule has 0 aliphatic carbocycles. The van der Waals surface area contributed by atoms with Crippen LogP contribution in [0.5, 0.6) is 0 Å². The Morgan fingerprint density at radius 2 is 1.78 bits per heavy atom. The highest BCUT2D eigenvalue weighted by Gasteiger charge is 2.22. The number of aromatic nitrogens is 2. The number of nitrogens with one attached hydrogen (secondary N) is 1. The topological polar surface area (TPSA) is 117 Å². The summed E-state index contributed by atoms with van der Waals surface area (Å²) in [6.45, 7) is -0.484. The van der Waals surface area contributed by atoms with Gasteiger partial charge in [-0.3, -0.25) is 19.0 Å². The van der Waals surface area contributed by atoms with Crippen molar-refractivity contribution in [1.82, 2.24) is 14.9 Å². The molecule has 2 aromatic carbocycles. The predicted molar refractivity (Wildman–Crippen MR) is 116 cm³/mol. The number of carbonyl (C=O) groups is 3. The van der Waals surface area contributed by atoms with Gasteiger partial charge in [0.15, 0.2) is 6.61 Å². The average Bonchev–Trinajstić information content (AvgIpc) is 2.82. The quantitative estimate of drug-likeness (QED) is 0.501. The van der Waals surface area contributed by atoms with Crippen LogP contribution in [0, 0.1) is 0 Å². The van der Waals surface area contributed by atoms with Gasteiger partial charge in [-0.1, -0.05) is 42.5 Å². The Morgan fingerprint density at radius 1 is 1.06 bits per heavy atom. The molecule has 1 unspecified atom stereocenters. The molecule has 0 aliphatic heterocycles. The first-order chi connectivity index (χ1) is 15.5. The monoisotopic (exact) mass is 437 g/mol. The number of esters is 2. The van der Waals surface area contributed by atoms with Crippen LogP contribution in [0.4, 0.5) is 0 Å². The van der Waals surface area contributed by atoms with Gasteiger partial charge in [-0.05, 0) is 17.7 Å². The first kappa shape index (κ1) is 22.7. The minimum absolute atomic E-state index is 0.0654. The van der Waals surface area contributed by atoms with E-state index < -0.39 is 30.5 Å². The maximum Gasteiger partial charge on any atom is 0.328 e. The van der Waals surface area contributed by atoms with E-state index in [4.69, 9.17) is 9.47 Å².